The maximum Gasteiger partial charge on any atom is 0.242 e. The van der Waals surface area contributed by atoms with E-state index >= 15 is 0 Å². The Kier molecular flexibility index (Phi) is 10.8. The topological polar surface area (TPSA) is 142 Å². The molecule has 2 amide bonds. The number of carbonyl (C=O) groups excluding carboxylic acids is 2. The summed E-state index contributed by atoms with van der Waals surface area (Å²) >= 11 is 0. The molecule has 0 spiro atoms. The molecule has 0 radical (unpaired) electrons. The molecule has 9 heteroatoms. The molecule has 4 atom stereocenters. The van der Waals surface area contributed by atoms with Gasteiger partial charge in [-0.15, -0.1) is 0 Å². The number of hydrogen-bond donors (Lipinski definition) is 5. The SMILES string of the molecule is CC(C)[C@H](N)C(=O)N[C@@H](C(=O)NC[C@H](O)CP(=O)(O)CC1CCCCC1)C(C)C. The molecule has 0 aliphatic heterocycles. The predicted molar refractivity (Wildman–Crippen MR) is 115 cm³/mol. The quantitative estimate of drug-likeness (QED) is 0.312. The summed E-state index contributed by atoms with van der Waals surface area (Å²) in [6.07, 6.45) is 4.17. The fourth-order valence-corrected chi connectivity index (χ4v) is 5.77. The third-order valence-electron chi connectivity index (χ3n) is 5.54. The van der Waals surface area contributed by atoms with Gasteiger partial charge >= 0.3 is 0 Å². The van der Waals surface area contributed by atoms with E-state index in [1.54, 1.807) is 13.8 Å². The zero-order valence-corrected chi connectivity index (χ0v) is 19.2. The monoisotopic (exact) mass is 433 g/mol. The lowest BCUT2D eigenvalue weighted by Gasteiger charge is -2.26. The molecule has 0 saturated heterocycles. The zero-order valence-electron chi connectivity index (χ0n) is 18.3. The summed E-state index contributed by atoms with van der Waals surface area (Å²) in [5.41, 5.74) is 5.83. The summed E-state index contributed by atoms with van der Waals surface area (Å²) < 4.78 is 12.5. The standard InChI is InChI=1S/C20H40N3O5P/c1-13(2)17(21)19(25)23-18(14(3)4)20(26)22-10-16(24)12-29(27,28)11-15-8-6-5-7-9-15/h13-18,24H,5-12,21H2,1-4H3,(H,22,26)(H,23,25)(H,27,28)/t16-,17-,18+/m0/s1. The van der Waals surface area contributed by atoms with Gasteiger partial charge in [-0.3, -0.25) is 14.2 Å². The van der Waals surface area contributed by atoms with Gasteiger partial charge in [0.15, 0.2) is 0 Å². The summed E-state index contributed by atoms with van der Waals surface area (Å²) in [6.45, 7) is 7.11. The van der Waals surface area contributed by atoms with Crippen LogP contribution in [0.1, 0.15) is 59.8 Å². The van der Waals surface area contributed by atoms with Crippen molar-refractivity contribution < 1.29 is 24.2 Å². The summed E-state index contributed by atoms with van der Waals surface area (Å²) in [4.78, 5) is 34.9. The van der Waals surface area contributed by atoms with Gasteiger partial charge in [0.25, 0.3) is 0 Å². The number of aliphatic hydroxyl groups excluding tert-OH is 1. The van der Waals surface area contributed by atoms with Crippen LogP contribution in [0.4, 0.5) is 0 Å². The fraction of sp³-hybridized carbons (Fsp3) is 0.900. The molecule has 1 fully saturated rings. The van der Waals surface area contributed by atoms with Crippen LogP contribution in [0.3, 0.4) is 0 Å². The van der Waals surface area contributed by atoms with E-state index < -0.39 is 37.4 Å². The Morgan fingerprint density at radius 3 is 2.17 bits per heavy atom. The highest BCUT2D eigenvalue weighted by atomic mass is 31.2. The van der Waals surface area contributed by atoms with E-state index in [9.17, 15) is 24.2 Å². The van der Waals surface area contributed by atoms with Gasteiger partial charge in [-0.25, -0.2) is 0 Å². The van der Waals surface area contributed by atoms with E-state index in [-0.39, 0.29) is 36.6 Å². The fourth-order valence-electron chi connectivity index (χ4n) is 3.66. The number of amides is 2. The van der Waals surface area contributed by atoms with Gasteiger partial charge in [-0.1, -0.05) is 47.0 Å². The molecule has 1 aliphatic rings. The predicted octanol–water partition coefficient (Wildman–Crippen LogP) is 1.44. The Balaban J connectivity index is 2.52. The van der Waals surface area contributed by atoms with Crippen LogP contribution in [0.15, 0.2) is 0 Å². The van der Waals surface area contributed by atoms with E-state index in [0.717, 1.165) is 25.7 Å². The van der Waals surface area contributed by atoms with Crippen LogP contribution in [-0.2, 0) is 14.2 Å². The van der Waals surface area contributed by atoms with E-state index in [4.69, 9.17) is 5.73 Å². The minimum Gasteiger partial charge on any atom is -0.391 e. The molecule has 1 saturated carbocycles. The highest BCUT2D eigenvalue weighted by Crippen LogP contribution is 2.45. The molecule has 1 rings (SSSR count). The first-order valence-electron chi connectivity index (χ1n) is 10.8. The first-order valence-corrected chi connectivity index (χ1v) is 12.8. The number of hydrogen-bond acceptors (Lipinski definition) is 5. The van der Waals surface area contributed by atoms with Crippen LogP contribution in [0.25, 0.3) is 0 Å². The summed E-state index contributed by atoms with van der Waals surface area (Å²) in [7, 11) is -3.45. The van der Waals surface area contributed by atoms with Crippen LogP contribution < -0.4 is 16.4 Å². The van der Waals surface area contributed by atoms with Crippen LogP contribution in [-0.4, -0.2) is 58.9 Å². The Morgan fingerprint density at radius 2 is 1.66 bits per heavy atom. The van der Waals surface area contributed by atoms with Crippen molar-refractivity contribution >= 4 is 19.2 Å². The summed E-state index contributed by atoms with van der Waals surface area (Å²) in [5.74, 6) is -0.835. The summed E-state index contributed by atoms with van der Waals surface area (Å²) in [5, 5.41) is 15.4. The number of rotatable bonds is 11. The highest BCUT2D eigenvalue weighted by Gasteiger charge is 2.30. The van der Waals surface area contributed by atoms with E-state index in [2.05, 4.69) is 10.6 Å². The lowest BCUT2D eigenvalue weighted by Crippen LogP contribution is -2.55. The molecule has 0 bridgehead atoms. The third kappa shape index (κ3) is 9.60. The average molecular weight is 434 g/mol. The molecular weight excluding hydrogens is 393 g/mol. The van der Waals surface area contributed by atoms with Crippen molar-refractivity contribution in [2.75, 3.05) is 18.9 Å². The molecule has 0 aromatic rings. The van der Waals surface area contributed by atoms with Crippen molar-refractivity contribution in [1.82, 2.24) is 10.6 Å². The van der Waals surface area contributed by atoms with Crippen molar-refractivity contribution in [2.45, 2.75) is 78.0 Å². The molecule has 0 heterocycles. The minimum atomic E-state index is -3.45. The Morgan fingerprint density at radius 1 is 1.07 bits per heavy atom. The van der Waals surface area contributed by atoms with Gasteiger partial charge < -0.3 is 26.4 Å². The Hall–Kier alpha value is -0.950. The minimum absolute atomic E-state index is 0.0597. The molecular formula is C20H40N3O5P. The van der Waals surface area contributed by atoms with Crippen LogP contribution in [0.2, 0.25) is 0 Å². The van der Waals surface area contributed by atoms with Crippen molar-refractivity contribution in [1.29, 1.82) is 0 Å². The van der Waals surface area contributed by atoms with Crippen molar-refractivity contribution in [3.8, 4) is 0 Å². The average Bonchev–Trinajstić information content (AvgIpc) is 2.62. The van der Waals surface area contributed by atoms with Gasteiger partial charge in [-0.05, 0) is 30.6 Å². The Bertz CT molecular complexity index is 578. The molecule has 8 nitrogen and oxygen atoms in total. The second kappa shape index (κ2) is 12.0. The molecule has 1 aliphatic carbocycles. The number of carbonyl (C=O) groups is 2. The second-order valence-electron chi connectivity index (χ2n) is 9.11. The van der Waals surface area contributed by atoms with Crippen molar-refractivity contribution in [3.05, 3.63) is 0 Å². The zero-order chi connectivity index (χ0) is 22.2. The van der Waals surface area contributed by atoms with Crippen molar-refractivity contribution in [2.24, 2.45) is 23.5 Å². The Labute approximate surface area is 174 Å². The lowest BCUT2D eigenvalue weighted by atomic mass is 9.91. The van der Waals surface area contributed by atoms with Gasteiger partial charge in [0.1, 0.15) is 6.04 Å². The van der Waals surface area contributed by atoms with E-state index in [1.165, 1.54) is 6.42 Å². The maximum absolute atomic E-state index is 12.5. The normalized spacial score (nSPS) is 20.7. The summed E-state index contributed by atoms with van der Waals surface area (Å²) in [6, 6.07) is -1.50. The highest BCUT2D eigenvalue weighted by molar-refractivity contribution is 7.58. The van der Waals surface area contributed by atoms with E-state index in [1.807, 2.05) is 13.8 Å². The molecule has 6 N–H and O–H groups in total. The van der Waals surface area contributed by atoms with E-state index in [0.29, 0.717) is 0 Å². The molecule has 0 aromatic carbocycles. The van der Waals surface area contributed by atoms with Crippen LogP contribution >= 0.6 is 7.37 Å². The van der Waals surface area contributed by atoms with Gasteiger partial charge in [0.2, 0.25) is 19.2 Å². The lowest BCUT2D eigenvalue weighted by molar-refractivity contribution is -0.131. The molecule has 170 valence electrons. The second-order valence-corrected chi connectivity index (χ2v) is 11.5. The van der Waals surface area contributed by atoms with Gasteiger partial charge in [0, 0.05) is 12.7 Å². The first-order chi connectivity index (χ1) is 13.4. The molecule has 29 heavy (non-hydrogen) atoms. The van der Waals surface area contributed by atoms with Gasteiger partial charge in [-0.2, -0.15) is 0 Å². The maximum atomic E-state index is 12.5. The van der Waals surface area contributed by atoms with Crippen molar-refractivity contribution in [3.63, 3.8) is 0 Å². The van der Waals surface area contributed by atoms with Crippen LogP contribution in [0, 0.1) is 17.8 Å². The number of nitrogens with two attached hydrogens (primary N) is 1. The van der Waals surface area contributed by atoms with Crippen LogP contribution in [0.5, 0.6) is 0 Å². The smallest absolute Gasteiger partial charge is 0.242 e. The number of aliphatic hydroxyl groups is 1. The number of nitrogens with one attached hydrogen (secondary N) is 2. The molecule has 1 unspecified atom stereocenters. The largest absolute Gasteiger partial charge is 0.391 e. The third-order valence-corrected chi connectivity index (χ3v) is 7.62. The first kappa shape index (κ1) is 26.1. The molecule has 0 aromatic heterocycles. The van der Waals surface area contributed by atoms with Gasteiger partial charge in [0.05, 0.1) is 18.3 Å².